The molecule has 0 aliphatic heterocycles. The van der Waals surface area contributed by atoms with E-state index in [1.165, 1.54) is 0 Å². The lowest BCUT2D eigenvalue weighted by atomic mass is 10.2. The molecular formula is C18H17ClN4O2S. The molecule has 0 fully saturated rings. The summed E-state index contributed by atoms with van der Waals surface area (Å²) in [6.07, 6.45) is 0.829. The number of amides is 2. The summed E-state index contributed by atoms with van der Waals surface area (Å²) in [5, 5.41) is 15.1. The molecule has 0 unspecified atom stereocenters. The molecule has 6 nitrogen and oxygen atoms in total. The van der Waals surface area contributed by atoms with E-state index in [4.69, 9.17) is 11.6 Å². The number of H-pyrrole nitrogens is 1. The zero-order valence-electron chi connectivity index (χ0n) is 13.8. The van der Waals surface area contributed by atoms with Crippen LogP contribution in [0.15, 0.2) is 47.8 Å². The van der Waals surface area contributed by atoms with Crippen molar-refractivity contribution >= 4 is 40.6 Å². The quantitative estimate of drug-likeness (QED) is 0.536. The summed E-state index contributed by atoms with van der Waals surface area (Å²) in [5.41, 5.74) is 1.40. The zero-order valence-corrected chi connectivity index (χ0v) is 15.4. The molecule has 2 heterocycles. The first-order valence-corrected chi connectivity index (χ1v) is 9.30. The Hall–Kier alpha value is -2.64. The highest BCUT2D eigenvalue weighted by Crippen LogP contribution is 2.24. The maximum Gasteiger partial charge on any atom is 0.251 e. The molecule has 0 atom stereocenters. The highest BCUT2D eigenvalue weighted by Gasteiger charge is 2.09. The number of hydrogen-bond acceptors (Lipinski definition) is 4. The standard InChI is InChI=1S/C18H17ClN4O2S/c19-13-7-5-12(6-8-13)18(25)20-9-1-4-17(24)21-16-11-14(22-23-16)15-3-2-10-26-15/h2-3,5-8,10-11H,1,4,9H2,(H,20,25)(H2,21,22,23,24). The van der Waals surface area contributed by atoms with Gasteiger partial charge in [-0.15, -0.1) is 11.3 Å². The van der Waals surface area contributed by atoms with Gasteiger partial charge >= 0.3 is 0 Å². The van der Waals surface area contributed by atoms with Crippen molar-refractivity contribution in [2.45, 2.75) is 12.8 Å². The van der Waals surface area contributed by atoms with Crippen LogP contribution in [0.2, 0.25) is 5.02 Å². The summed E-state index contributed by atoms with van der Waals surface area (Å²) in [4.78, 5) is 25.0. The summed E-state index contributed by atoms with van der Waals surface area (Å²) in [5.74, 6) is 0.161. The van der Waals surface area contributed by atoms with Gasteiger partial charge in [0.1, 0.15) is 0 Å². The fourth-order valence-corrected chi connectivity index (χ4v) is 3.12. The molecule has 0 saturated heterocycles. The van der Waals surface area contributed by atoms with E-state index in [9.17, 15) is 9.59 Å². The van der Waals surface area contributed by atoms with Crippen LogP contribution in [0.25, 0.3) is 10.6 Å². The third-order valence-electron chi connectivity index (χ3n) is 3.60. The Bertz CT molecular complexity index is 875. The van der Waals surface area contributed by atoms with E-state index in [0.29, 0.717) is 35.8 Å². The van der Waals surface area contributed by atoms with Crippen molar-refractivity contribution in [2.24, 2.45) is 0 Å². The smallest absolute Gasteiger partial charge is 0.251 e. The van der Waals surface area contributed by atoms with Gasteiger partial charge in [-0.05, 0) is 42.1 Å². The summed E-state index contributed by atoms with van der Waals surface area (Å²) >= 11 is 7.39. The molecule has 3 N–H and O–H groups in total. The number of halogens is 1. The fraction of sp³-hybridized carbons (Fsp3) is 0.167. The molecule has 8 heteroatoms. The Balaban J connectivity index is 1.39. The van der Waals surface area contributed by atoms with E-state index in [-0.39, 0.29) is 11.8 Å². The number of nitrogens with zero attached hydrogens (tertiary/aromatic N) is 1. The number of aromatic amines is 1. The van der Waals surface area contributed by atoms with Gasteiger partial charge < -0.3 is 10.6 Å². The number of benzene rings is 1. The van der Waals surface area contributed by atoms with Gasteiger partial charge in [0, 0.05) is 29.6 Å². The minimum atomic E-state index is -0.185. The summed E-state index contributed by atoms with van der Waals surface area (Å²) in [6, 6.07) is 12.4. The van der Waals surface area contributed by atoms with Crippen LogP contribution in [-0.2, 0) is 4.79 Å². The zero-order chi connectivity index (χ0) is 18.4. The largest absolute Gasteiger partial charge is 0.352 e. The van der Waals surface area contributed by atoms with E-state index in [1.54, 1.807) is 41.7 Å². The SMILES string of the molecule is O=C(CCCNC(=O)c1ccc(Cl)cc1)Nc1cc(-c2cccs2)[nH]n1. The third-order valence-corrected chi connectivity index (χ3v) is 4.76. The summed E-state index contributed by atoms with van der Waals surface area (Å²) in [7, 11) is 0. The summed E-state index contributed by atoms with van der Waals surface area (Å²) in [6.45, 7) is 0.413. The van der Waals surface area contributed by atoms with Crippen LogP contribution in [0, 0.1) is 0 Å². The number of aromatic nitrogens is 2. The Morgan fingerprint density at radius 3 is 2.73 bits per heavy atom. The van der Waals surface area contributed by atoms with Gasteiger partial charge in [-0.2, -0.15) is 5.10 Å². The lowest BCUT2D eigenvalue weighted by Gasteiger charge is -2.05. The highest BCUT2D eigenvalue weighted by molar-refractivity contribution is 7.13. The van der Waals surface area contributed by atoms with E-state index in [1.807, 2.05) is 17.5 Å². The molecule has 3 rings (SSSR count). The van der Waals surface area contributed by atoms with Gasteiger partial charge in [0.2, 0.25) is 5.91 Å². The van der Waals surface area contributed by atoms with E-state index in [0.717, 1.165) is 10.6 Å². The molecule has 0 saturated carbocycles. The maximum atomic E-state index is 12.0. The van der Waals surface area contributed by atoms with Crippen LogP contribution < -0.4 is 10.6 Å². The normalized spacial score (nSPS) is 10.5. The molecule has 0 aliphatic rings. The lowest BCUT2D eigenvalue weighted by Crippen LogP contribution is -2.25. The topological polar surface area (TPSA) is 86.9 Å². The minimum Gasteiger partial charge on any atom is -0.352 e. The molecule has 0 spiro atoms. The Morgan fingerprint density at radius 2 is 2.00 bits per heavy atom. The van der Waals surface area contributed by atoms with Gasteiger partial charge in [0.25, 0.3) is 5.91 Å². The maximum absolute atomic E-state index is 12.0. The number of hydrogen-bond donors (Lipinski definition) is 3. The highest BCUT2D eigenvalue weighted by atomic mass is 35.5. The second-order valence-electron chi connectivity index (χ2n) is 5.56. The Labute approximate surface area is 159 Å². The monoisotopic (exact) mass is 388 g/mol. The first kappa shape index (κ1) is 18.2. The number of rotatable bonds is 7. The van der Waals surface area contributed by atoms with Gasteiger partial charge in [-0.25, -0.2) is 0 Å². The van der Waals surface area contributed by atoms with Crippen LogP contribution in [0.5, 0.6) is 0 Å². The molecule has 134 valence electrons. The Morgan fingerprint density at radius 1 is 1.19 bits per heavy atom. The van der Waals surface area contributed by atoms with Crippen molar-refractivity contribution in [3.05, 3.63) is 58.4 Å². The average molecular weight is 389 g/mol. The second-order valence-corrected chi connectivity index (χ2v) is 6.94. The van der Waals surface area contributed by atoms with Gasteiger partial charge in [-0.3, -0.25) is 14.7 Å². The summed E-state index contributed by atoms with van der Waals surface area (Å²) < 4.78 is 0. The van der Waals surface area contributed by atoms with Crippen LogP contribution in [0.4, 0.5) is 5.82 Å². The van der Waals surface area contributed by atoms with Crippen molar-refractivity contribution in [2.75, 3.05) is 11.9 Å². The molecule has 3 aromatic rings. The molecular weight excluding hydrogens is 372 g/mol. The van der Waals surface area contributed by atoms with Crippen LogP contribution in [0.3, 0.4) is 0 Å². The third kappa shape index (κ3) is 4.93. The molecule has 2 amide bonds. The molecule has 0 bridgehead atoms. The number of thiophene rings is 1. The van der Waals surface area contributed by atoms with Gasteiger partial charge in [0.15, 0.2) is 5.82 Å². The van der Waals surface area contributed by atoms with Crippen LogP contribution in [-0.4, -0.2) is 28.6 Å². The van der Waals surface area contributed by atoms with Crippen molar-refractivity contribution < 1.29 is 9.59 Å². The van der Waals surface area contributed by atoms with Gasteiger partial charge in [-0.1, -0.05) is 17.7 Å². The lowest BCUT2D eigenvalue weighted by molar-refractivity contribution is -0.116. The van der Waals surface area contributed by atoms with E-state index in [2.05, 4.69) is 20.8 Å². The molecule has 2 aromatic heterocycles. The van der Waals surface area contributed by atoms with Crippen molar-refractivity contribution in [1.82, 2.24) is 15.5 Å². The fourth-order valence-electron chi connectivity index (χ4n) is 2.30. The van der Waals surface area contributed by atoms with Crippen molar-refractivity contribution in [3.8, 4) is 10.6 Å². The molecule has 0 aliphatic carbocycles. The number of nitrogens with one attached hydrogen (secondary N) is 3. The molecule has 1 aromatic carbocycles. The number of carbonyl (C=O) groups excluding carboxylic acids is 2. The predicted molar refractivity (Wildman–Crippen MR) is 104 cm³/mol. The second kappa shape index (κ2) is 8.64. The van der Waals surface area contributed by atoms with Crippen LogP contribution >= 0.6 is 22.9 Å². The van der Waals surface area contributed by atoms with E-state index >= 15 is 0 Å². The number of anilines is 1. The Kier molecular flexibility index (Phi) is 6.04. The average Bonchev–Trinajstić information content (AvgIpc) is 3.30. The first-order valence-electron chi connectivity index (χ1n) is 8.05. The molecule has 0 radical (unpaired) electrons. The van der Waals surface area contributed by atoms with Gasteiger partial charge in [0.05, 0.1) is 10.6 Å². The minimum absolute atomic E-state index is 0.144. The number of carbonyl (C=O) groups is 2. The van der Waals surface area contributed by atoms with Crippen LogP contribution in [0.1, 0.15) is 23.2 Å². The predicted octanol–water partition coefficient (Wildman–Crippen LogP) is 3.94. The van der Waals surface area contributed by atoms with Crippen molar-refractivity contribution in [1.29, 1.82) is 0 Å². The molecule has 26 heavy (non-hydrogen) atoms. The first-order chi connectivity index (χ1) is 12.6. The van der Waals surface area contributed by atoms with Crippen molar-refractivity contribution in [3.63, 3.8) is 0 Å². The van der Waals surface area contributed by atoms with E-state index < -0.39 is 0 Å².